The van der Waals surface area contributed by atoms with Gasteiger partial charge in [0.2, 0.25) is 0 Å². The normalized spacial score (nSPS) is 14.3. The standard InChI is InChI=1S/C15H16F3N3OS/c1-14(2,3)23(22)20-8-12-9-21(10-19-12)13-6-4-11(5-7-13)15(16,17)18/h4-10H,1-3H3. The Morgan fingerprint density at radius 3 is 2.30 bits per heavy atom. The molecule has 0 fully saturated rings. The van der Waals surface area contributed by atoms with E-state index in [1.165, 1.54) is 24.7 Å². The van der Waals surface area contributed by atoms with Crippen molar-refractivity contribution in [2.75, 3.05) is 0 Å². The lowest BCUT2D eigenvalue weighted by molar-refractivity contribution is -0.137. The molecule has 0 bridgehead atoms. The van der Waals surface area contributed by atoms with Crippen LogP contribution < -0.4 is 0 Å². The molecule has 0 amide bonds. The summed E-state index contributed by atoms with van der Waals surface area (Å²) < 4.78 is 54.5. The molecule has 0 radical (unpaired) electrons. The number of aromatic nitrogens is 2. The Kier molecular flexibility index (Phi) is 4.74. The molecular formula is C15H16F3N3OS. The van der Waals surface area contributed by atoms with E-state index in [4.69, 9.17) is 0 Å². The summed E-state index contributed by atoms with van der Waals surface area (Å²) in [4.78, 5) is 4.07. The Morgan fingerprint density at radius 1 is 1.17 bits per heavy atom. The maximum Gasteiger partial charge on any atom is 0.416 e. The van der Waals surface area contributed by atoms with E-state index in [9.17, 15) is 17.4 Å². The van der Waals surface area contributed by atoms with Gasteiger partial charge in [-0.15, -0.1) is 0 Å². The molecule has 1 heterocycles. The summed E-state index contributed by atoms with van der Waals surface area (Å²) in [6, 6.07) is 4.74. The van der Waals surface area contributed by atoms with Gasteiger partial charge in [-0.1, -0.05) is 0 Å². The number of nitrogens with zero attached hydrogens (tertiary/aromatic N) is 3. The highest BCUT2D eigenvalue weighted by Gasteiger charge is 2.30. The minimum atomic E-state index is -4.36. The second-order valence-corrected chi connectivity index (χ2v) is 7.78. The fourth-order valence-corrected chi connectivity index (χ4v) is 2.15. The van der Waals surface area contributed by atoms with Crippen LogP contribution >= 0.6 is 0 Å². The Hall–Kier alpha value is -1.96. The van der Waals surface area contributed by atoms with Crippen LogP contribution in [-0.4, -0.2) is 24.7 Å². The average Bonchev–Trinajstić information content (AvgIpc) is 2.91. The molecule has 1 aromatic carbocycles. The van der Waals surface area contributed by atoms with Crippen molar-refractivity contribution in [3.05, 3.63) is 48.0 Å². The zero-order valence-corrected chi connectivity index (χ0v) is 13.6. The largest absolute Gasteiger partial charge is 0.416 e. The second kappa shape index (κ2) is 6.27. The molecule has 0 aliphatic heterocycles. The van der Waals surface area contributed by atoms with Crippen molar-refractivity contribution >= 4 is 17.2 Å². The molecule has 0 spiro atoms. The van der Waals surface area contributed by atoms with Gasteiger partial charge in [0, 0.05) is 11.9 Å². The number of halogens is 3. The van der Waals surface area contributed by atoms with Gasteiger partial charge in [-0.25, -0.2) is 9.19 Å². The van der Waals surface area contributed by atoms with E-state index in [0.717, 1.165) is 12.1 Å². The minimum Gasteiger partial charge on any atom is -0.306 e. The summed E-state index contributed by atoms with van der Waals surface area (Å²) in [6.45, 7) is 5.42. The molecule has 4 nitrogen and oxygen atoms in total. The van der Waals surface area contributed by atoms with Crippen molar-refractivity contribution in [3.8, 4) is 5.69 Å². The topological polar surface area (TPSA) is 47.2 Å². The monoisotopic (exact) mass is 343 g/mol. The summed E-state index contributed by atoms with van der Waals surface area (Å²) in [5.41, 5.74) is 0.313. The minimum absolute atomic E-state index is 0.466. The summed E-state index contributed by atoms with van der Waals surface area (Å²) in [7, 11) is -1.39. The molecular weight excluding hydrogens is 327 g/mol. The Balaban J connectivity index is 2.16. The highest BCUT2D eigenvalue weighted by atomic mass is 32.2. The first kappa shape index (κ1) is 17.4. The van der Waals surface area contributed by atoms with E-state index in [-0.39, 0.29) is 0 Å². The number of alkyl halides is 3. The number of hydrogen-bond acceptors (Lipinski definition) is 2. The molecule has 0 aliphatic rings. The van der Waals surface area contributed by atoms with Gasteiger partial charge < -0.3 is 4.57 Å². The van der Waals surface area contributed by atoms with Gasteiger partial charge in [0.15, 0.2) is 0 Å². The highest BCUT2D eigenvalue weighted by molar-refractivity contribution is 7.85. The highest BCUT2D eigenvalue weighted by Crippen LogP contribution is 2.29. The van der Waals surface area contributed by atoms with Crippen LogP contribution in [0.3, 0.4) is 0 Å². The zero-order valence-electron chi connectivity index (χ0n) is 12.8. The Labute approximate surface area is 134 Å². The molecule has 0 N–H and O–H groups in total. The summed E-state index contributed by atoms with van der Waals surface area (Å²) in [5, 5.41) is 0. The van der Waals surface area contributed by atoms with Crippen LogP contribution in [0, 0.1) is 0 Å². The number of rotatable bonds is 3. The fraction of sp³-hybridized carbons (Fsp3) is 0.333. The van der Waals surface area contributed by atoms with Crippen LogP contribution in [0.15, 0.2) is 41.2 Å². The predicted octanol–water partition coefficient (Wildman–Crippen LogP) is 3.77. The van der Waals surface area contributed by atoms with Gasteiger partial charge >= 0.3 is 6.18 Å². The summed E-state index contributed by atoms with van der Waals surface area (Å²) >= 11 is 0. The van der Waals surface area contributed by atoms with Crippen LogP contribution in [0.4, 0.5) is 13.2 Å². The SMILES string of the molecule is CC(C)(C)S(=O)N=Cc1cn(-c2ccc(C(F)(F)F)cc2)cn1. The first-order chi connectivity index (χ1) is 10.6. The first-order valence-electron chi connectivity index (χ1n) is 6.75. The van der Waals surface area contributed by atoms with Gasteiger partial charge in [0.1, 0.15) is 16.7 Å². The van der Waals surface area contributed by atoms with Gasteiger partial charge in [0.05, 0.1) is 22.9 Å². The number of hydrogen-bond donors (Lipinski definition) is 0. The smallest absolute Gasteiger partial charge is 0.306 e. The number of imidazole rings is 1. The van der Waals surface area contributed by atoms with E-state index in [0.29, 0.717) is 11.4 Å². The van der Waals surface area contributed by atoms with Crippen LogP contribution in [0.2, 0.25) is 0 Å². The summed E-state index contributed by atoms with van der Waals surface area (Å²) in [5.74, 6) is 0. The van der Waals surface area contributed by atoms with Gasteiger partial charge in [0.25, 0.3) is 0 Å². The molecule has 8 heteroatoms. The predicted molar refractivity (Wildman–Crippen MR) is 84.1 cm³/mol. The van der Waals surface area contributed by atoms with Gasteiger partial charge in [-0.2, -0.15) is 17.6 Å². The molecule has 2 aromatic rings. The van der Waals surface area contributed by atoms with Crippen molar-refractivity contribution in [2.45, 2.75) is 31.7 Å². The third-order valence-corrected chi connectivity index (χ3v) is 4.24. The molecule has 0 saturated heterocycles. The van der Waals surface area contributed by atoms with Crippen molar-refractivity contribution in [3.63, 3.8) is 0 Å². The Morgan fingerprint density at radius 2 is 1.78 bits per heavy atom. The lowest BCUT2D eigenvalue weighted by Crippen LogP contribution is -2.19. The maximum absolute atomic E-state index is 12.5. The molecule has 124 valence electrons. The molecule has 0 aliphatic carbocycles. The fourth-order valence-electron chi connectivity index (χ4n) is 1.63. The third-order valence-electron chi connectivity index (χ3n) is 2.90. The zero-order chi connectivity index (χ0) is 17.3. The lowest BCUT2D eigenvalue weighted by Gasteiger charge is -2.12. The quantitative estimate of drug-likeness (QED) is 0.797. The second-order valence-electron chi connectivity index (χ2n) is 5.85. The van der Waals surface area contributed by atoms with Gasteiger partial charge in [-0.3, -0.25) is 0 Å². The van der Waals surface area contributed by atoms with E-state index in [1.54, 1.807) is 31.5 Å². The van der Waals surface area contributed by atoms with Crippen molar-refractivity contribution in [1.29, 1.82) is 0 Å². The van der Waals surface area contributed by atoms with Crippen LogP contribution in [0.25, 0.3) is 5.69 Å². The van der Waals surface area contributed by atoms with E-state index in [2.05, 4.69) is 9.38 Å². The van der Waals surface area contributed by atoms with Gasteiger partial charge in [-0.05, 0) is 45.0 Å². The van der Waals surface area contributed by atoms with Crippen LogP contribution in [-0.2, 0) is 17.2 Å². The van der Waals surface area contributed by atoms with Crippen molar-refractivity contribution in [1.82, 2.24) is 9.55 Å². The molecule has 0 saturated carbocycles. The van der Waals surface area contributed by atoms with E-state index >= 15 is 0 Å². The van der Waals surface area contributed by atoms with Crippen LogP contribution in [0.1, 0.15) is 32.0 Å². The third kappa shape index (κ3) is 4.51. The number of benzene rings is 1. The first-order valence-corrected chi connectivity index (χ1v) is 7.86. The average molecular weight is 343 g/mol. The van der Waals surface area contributed by atoms with Crippen molar-refractivity contribution < 1.29 is 17.4 Å². The maximum atomic E-state index is 12.5. The molecule has 1 unspecified atom stereocenters. The Bertz CT molecular complexity index is 728. The molecule has 1 atom stereocenters. The van der Waals surface area contributed by atoms with E-state index in [1.807, 2.05) is 0 Å². The van der Waals surface area contributed by atoms with Crippen molar-refractivity contribution in [2.24, 2.45) is 4.40 Å². The van der Waals surface area contributed by atoms with Crippen LogP contribution in [0.5, 0.6) is 0 Å². The van der Waals surface area contributed by atoms with E-state index < -0.39 is 27.5 Å². The summed E-state index contributed by atoms with van der Waals surface area (Å²) in [6.07, 6.45) is 0.0974. The molecule has 23 heavy (non-hydrogen) atoms. The molecule has 2 rings (SSSR count). The lowest BCUT2D eigenvalue weighted by atomic mass is 10.2. The molecule has 1 aromatic heterocycles.